The summed E-state index contributed by atoms with van der Waals surface area (Å²) in [5.41, 5.74) is 1.21. The minimum Gasteiger partial charge on any atom is -0.314 e. The second-order valence-electron chi connectivity index (χ2n) is 5.24. The van der Waals surface area contributed by atoms with Gasteiger partial charge in [0.2, 0.25) is 0 Å². The molecule has 18 heavy (non-hydrogen) atoms. The van der Waals surface area contributed by atoms with E-state index in [0.29, 0.717) is 10.9 Å². The topological polar surface area (TPSA) is 46.2 Å². The normalized spacial score (nSPS) is 20.5. The summed E-state index contributed by atoms with van der Waals surface area (Å²) in [5.74, 6) is 0. The monoisotopic (exact) mass is 267 g/mol. The molecule has 4 heteroatoms. The van der Waals surface area contributed by atoms with Gasteiger partial charge in [0.25, 0.3) is 0 Å². The van der Waals surface area contributed by atoms with Crippen LogP contribution in [0, 0.1) is 0 Å². The second kappa shape index (κ2) is 5.41. The van der Waals surface area contributed by atoms with Crippen LogP contribution in [0.5, 0.6) is 0 Å². The van der Waals surface area contributed by atoms with E-state index in [1.54, 1.807) is 26.0 Å². The summed E-state index contributed by atoms with van der Waals surface area (Å²) in [5, 5.41) is 3.09. The smallest absolute Gasteiger partial charge is 0.180 e. The van der Waals surface area contributed by atoms with E-state index in [4.69, 9.17) is 0 Å². The van der Waals surface area contributed by atoms with Crippen LogP contribution in [0.3, 0.4) is 0 Å². The van der Waals surface area contributed by atoms with E-state index >= 15 is 0 Å². The zero-order valence-electron chi connectivity index (χ0n) is 11.0. The van der Waals surface area contributed by atoms with Gasteiger partial charge in [0.1, 0.15) is 0 Å². The van der Waals surface area contributed by atoms with Crippen LogP contribution < -0.4 is 5.32 Å². The van der Waals surface area contributed by atoms with E-state index in [9.17, 15) is 8.42 Å². The Hall–Kier alpha value is -0.870. The van der Waals surface area contributed by atoms with Gasteiger partial charge in [-0.25, -0.2) is 8.42 Å². The van der Waals surface area contributed by atoms with Crippen LogP contribution in [0.2, 0.25) is 0 Å². The molecule has 1 saturated heterocycles. The Morgan fingerprint density at radius 2 is 1.94 bits per heavy atom. The summed E-state index contributed by atoms with van der Waals surface area (Å²) in [6, 6.07) is 7.90. The third-order valence-corrected chi connectivity index (χ3v) is 5.69. The van der Waals surface area contributed by atoms with Crippen molar-refractivity contribution >= 4 is 9.84 Å². The maximum atomic E-state index is 12.0. The lowest BCUT2D eigenvalue weighted by Gasteiger charge is -2.11. The molecule has 1 aliphatic rings. The lowest BCUT2D eigenvalue weighted by molar-refractivity contribution is 0.587. The van der Waals surface area contributed by atoms with E-state index in [-0.39, 0.29) is 5.25 Å². The van der Waals surface area contributed by atoms with Gasteiger partial charge >= 0.3 is 0 Å². The lowest BCUT2D eigenvalue weighted by Crippen LogP contribution is -2.23. The van der Waals surface area contributed by atoms with Gasteiger partial charge in [-0.15, -0.1) is 0 Å². The molecule has 1 aliphatic heterocycles. The highest BCUT2D eigenvalue weighted by Gasteiger charge is 2.19. The minimum atomic E-state index is -3.14. The molecule has 1 heterocycles. The molecule has 1 N–H and O–H groups in total. The first kappa shape index (κ1) is 13.6. The van der Waals surface area contributed by atoms with Crippen LogP contribution >= 0.6 is 0 Å². The van der Waals surface area contributed by atoms with Crippen LogP contribution in [-0.2, 0) is 16.3 Å². The van der Waals surface area contributed by atoms with Crippen LogP contribution in [-0.4, -0.2) is 26.3 Å². The minimum absolute atomic E-state index is 0.361. The van der Waals surface area contributed by atoms with E-state index in [2.05, 4.69) is 5.32 Å². The fraction of sp³-hybridized carbons (Fsp3) is 0.571. The molecule has 3 nitrogen and oxygen atoms in total. The molecular weight excluding hydrogens is 246 g/mol. The zero-order valence-corrected chi connectivity index (χ0v) is 11.8. The predicted octanol–water partition coefficient (Wildman–Crippen LogP) is 2.16. The van der Waals surface area contributed by atoms with E-state index in [1.807, 2.05) is 12.1 Å². The third kappa shape index (κ3) is 2.93. The summed E-state index contributed by atoms with van der Waals surface area (Å²) in [7, 11) is -3.14. The molecule has 0 aliphatic carbocycles. The van der Waals surface area contributed by atoms with Gasteiger partial charge in [0, 0.05) is 6.04 Å². The SMILES string of the molecule is CC(C)S(=O)(=O)c1ccc(CC2CCCN2)cc1. The average molecular weight is 267 g/mol. The van der Waals surface area contributed by atoms with E-state index < -0.39 is 9.84 Å². The maximum absolute atomic E-state index is 12.0. The Morgan fingerprint density at radius 1 is 1.28 bits per heavy atom. The predicted molar refractivity (Wildman–Crippen MR) is 73.5 cm³/mol. The van der Waals surface area contributed by atoms with Crippen LogP contribution in [0.4, 0.5) is 0 Å². The summed E-state index contributed by atoms with van der Waals surface area (Å²) in [6.07, 6.45) is 3.44. The molecule has 0 spiro atoms. The van der Waals surface area contributed by atoms with Crippen molar-refractivity contribution in [3.63, 3.8) is 0 Å². The van der Waals surface area contributed by atoms with Crippen molar-refractivity contribution in [2.45, 2.75) is 49.3 Å². The largest absolute Gasteiger partial charge is 0.314 e. The maximum Gasteiger partial charge on any atom is 0.180 e. The second-order valence-corrected chi connectivity index (χ2v) is 7.74. The van der Waals surface area contributed by atoms with Crippen molar-refractivity contribution in [2.24, 2.45) is 0 Å². The Labute approximate surface area is 110 Å². The van der Waals surface area contributed by atoms with Crippen molar-refractivity contribution in [1.82, 2.24) is 5.32 Å². The standard InChI is InChI=1S/C14H21NO2S/c1-11(2)18(16,17)14-7-5-12(6-8-14)10-13-4-3-9-15-13/h5-8,11,13,15H,3-4,9-10H2,1-2H3. The summed E-state index contributed by atoms with van der Waals surface area (Å²) in [6.45, 7) is 4.53. The molecule has 1 fully saturated rings. The Morgan fingerprint density at radius 3 is 2.44 bits per heavy atom. The van der Waals surface area contributed by atoms with Gasteiger partial charge in [-0.2, -0.15) is 0 Å². The molecular formula is C14H21NO2S. The van der Waals surface area contributed by atoms with Gasteiger partial charge in [-0.1, -0.05) is 12.1 Å². The molecule has 0 radical (unpaired) electrons. The van der Waals surface area contributed by atoms with Gasteiger partial charge in [0.05, 0.1) is 10.1 Å². The van der Waals surface area contributed by atoms with Gasteiger partial charge in [-0.3, -0.25) is 0 Å². The van der Waals surface area contributed by atoms with Crippen molar-refractivity contribution in [1.29, 1.82) is 0 Å². The van der Waals surface area contributed by atoms with Crippen molar-refractivity contribution in [3.05, 3.63) is 29.8 Å². The van der Waals surface area contributed by atoms with Crippen LogP contribution in [0.15, 0.2) is 29.2 Å². The lowest BCUT2D eigenvalue weighted by atomic mass is 10.1. The average Bonchev–Trinajstić information content (AvgIpc) is 2.82. The molecule has 0 saturated carbocycles. The Bertz CT molecular complexity index is 485. The van der Waals surface area contributed by atoms with Crippen LogP contribution in [0.1, 0.15) is 32.3 Å². The van der Waals surface area contributed by atoms with Gasteiger partial charge < -0.3 is 5.32 Å². The molecule has 0 bridgehead atoms. The molecule has 0 aromatic heterocycles. The molecule has 100 valence electrons. The number of hydrogen-bond donors (Lipinski definition) is 1. The number of sulfone groups is 1. The molecule has 2 rings (SSSR count). The number of benzene rings is 1. The molecule has 1 aromatic rings. The van der Waals surface area contributed by atoms with Crippen molar-refractivity contribution in [3.8, 4) is 0 Å². The first-order valence-corrected chi connectivity index (χ1v) is 8.11. The van der Waals surface area contributed by atoms with E-state index in [1.165, 1.54) is 18.4 Å². The Balaban J connectivity index is 2.10. The zero-order chi connectivity index (χ0) is 13.2. The first-order chi connectivity index (χ1) is 8.50. The van der Waals surface area contributed by atoms with E-state index in [0.717, 1.165) is 13.0 Å². The molecule has 1 aromatic carbocycles. The number of nitrogens with one attached hydrogen (secondary N) is 1. The number of rotatable bonds is 4. The van der Waals surface area contributed by atoms with Crippen LogP contribution in [0.25, 0.3) is 0 Å². The highest BCUT2D eigenvalue weighted by atomic mass is 32.2. The summed E-state index contributed by atoms with van der Waals surface area (Å²) < 4.78 is 24.0. The highest BCUT2D eigenvalue weighted by molar-refractivity contribution is 7.92. The third-order valence-electron chi connectivity index (χ3n) is 3.52. The summed E-state index contributed by atoms with van der Waals surface area (Å²) >= 11 is 0. The van der Waals surface area contributed by atoms with Crippen molar-refractivity contribution in [2.75, 3.05) is 6.54 Å². The summed E-state index contributed by atoms with van der Waals surface area (Å²) in [4.78, 5) is 0.431. The number of hydrogen-bond acceptors (Lipinski definition) is 3. The quantitative estimate of drug-likeness (QED) is 0.909. The molecule has 0 amide bonds. The fourth-order valence-electron chi connectivity index (χ4n) is 2.30. The van der Waals surface area contributed by atoms with Gasteiger partial charge in [-0.05, 0) is 57.4 Å². The van der Waals surface area contributed by atoms with Gasteiger partial charge in [0.15, 0.2) is 9.84 Å². The highest BCUT2D eigenvalue weighted by Crippen LogP contribution is 2.18. The van der Waals surface area contributed by atoms with Crippen molar-refractivity contribution < 1.29 is 8.42 Å². The first-order valence-electron chi connectivity index (χ1n) is 6.56. The molecule has 1 atom stereocenters. The Kier molecular flexibility index (Phi) is 4.07. The fourth-order valence-corrected chi connectivity index (χ4v) is 3.36. The molecule has 1 unspecified atom stereocenters.